The lowest BCUT2D eigenvalue weighted by Gasteiger charge is -2.18. The molecule has 6 heteroatoms. The van der Waals surface area contributed by atoms with Gasteiger partial charge in [0.25, 0.3) is 0 Å². The zero-order valence-corrected chi connectivity index (χ0v) is 51.5. The summed E-state index contributed by atoms with van der Waals surface area (Å²) in [5.74, 6) is -0.864. The van der Waals surface area contributed by atoms with Crippen LogP contribution in [0.1, 0.15) is 355 Å². The van der Waals surface area contributed by atoms with Crippen molar-refractivity contribution >= 4 is 17.9 Å². The number of unbranched alkanes of at least 4 members (excludes halogenated alkanes) is 41. The van der Waals surface area contributed by atoms with E-state index in [-0.39, 0.29) is 31.1 Å². The molecule has 448 valence electrons. The summed E-state index contributed by atoms with van der Waals surface area (Å²) in [6.45, 7) is 6.64. The normalized spacial score (nSPS) is 12.4. The highest BCUT2D eigenvalue weighted by molar-refractivity contribution is 5.71. The Labute approximate surface area is 479 Å². The van der Waals surface area contributed by atoms with Gasteiger partial charge in [0.1, 0.15) is 13.2 Å². The molecule has 0 heterocycles. The fourth-order valence-corrected chi connectivity index (χ4v) is 9.89. The molecule has 0 N–H and O–H groups in total. The fourth-order valence-electron chi connectivity index (χ4n) is 9.89. The Bertz CT molecular complexity index is 1380. The van der Waals surface area contributed by atoms with Crippen molar-refractivity contribution in [1.29, 1.82) is 0 Å². The Hall–Kier alpha value is -2.89. The number of allylic oxidation sites excluding steroid dienone is 10. The molecule has 0 aromatic rings. The summed E-state index contributed by atoms with van der Waals surface area (Å²) in [6, 6.07) is 0. The Balaban J connectivity index is 4.13. The smallest absolute Gasteiger partial charge is 0.306 e. The van der Waals surface area contributed by atoms with Crippen LogP contribution in [-0.4, -0.2) is 37.2 Å². The summed E-state index contributed by atoms with van der Waals surface area (Å²) < 4.78 is 16.9. The van der Waals surface area contributed by atoms with Gasteiger partial charge in [0.15, 0.2) is 6.10 Å². The lowest BCUT2D eigenvalue weighted by Crippen LogP contribution is -2.30. The standard InChI is InChI=1S/C71H128O6/c1-4-7-10-13-16-19-22-24-26-28-30-31-32-33-34-35-36-37-38-39-40-41-42-44-45-47-49-52-55-58-61-64-70(73)76-67-68(66-75-69(72)63-60-57-54-51-21-18-15-12-9-6-3)77-71(74)65-62-59-56-53-50-48-46-43-29-27-25-23-20-17-14-11-8-5-2/h20,22-24,27-30,32-33,68H,4-19,21,25-26,31,34-67H2,1-3H3/b23-20-,24-22-,29-27-,30-28-,33-32-. The van der Waals surface area contributed by atoms with Crippen LogP contribution in [0.25, 0.3) is 0 Å². The minimum atomic E-state index is -0.776. The molecule has 6 nitrogen and oxygen atoms in total. The quantitative estimate of drug-likeness (QED) is 0.0261. The van der Waals surface area contributed by atoms with Gasteiger partial charge in [0, 0.05) is 19.3 Å². The second kappa shape index (κ2) is 65.6. The molecule has 0 amide bonds. The van der Waals surface area contributed by atoms with Crippen molar-refractivity contribution < 1.29 is 28.6 Å². The summed E-state index contributed by atoms with van der Waals surface area (Å²) in [6.07, 6.45) is 83.9. The summed E-state index contributed by atoms with van der Waals surface area (Å²) in [5.41, 5.74) is 0. The molecule has 1 atom stereocenters. The first-order chi connectivity index (χ1) is 38.0. The average Bonchev–Trinajstić information content (AvgIpc) is 3.43. The molecule has 0 bridgehead atoms. The lowest BCUT2D eigenvalue weighted by atomic mass is 10.0. The molecule has 0 fully saturated rings. The van der Waals surface area contributed by atoms with E-state index in [1.807, 2.05) is 0 Å². The van der Waals surface area contributed by atoms with Crippen molar-refractivity contribution in [3.63, 3.8) is 0 Å². The van der Waals surface area contributed by atoms with Crippen molar-refractivity contribution in [2.75, 3.05) is 13.2 Å². The Morgan fingerprint density at radius 3 is 0.740 bits per heavy atom. The molecule has 0 saturated carbocycles. The molecule has 0 rings (SSSR count). The molecular weight excluding hydrogens is 949 g/mol. The first-order valence-corrected chi connectivity index (χ1v) is 33.8. The maximum absolute atomic E-state index is 12.9. The molecular formula is C71H128O6. The van der Waals surface area contributed by atoms with Gasteiger partial charge in [0.2, 0.25) is 0 Å². The van der Waals surface area contributed by atoms with Gasteiger partial charge < -0.3 is 14.2 Å². The van der Waals surface area contributed by atoms with Crippen LogP contribution in [0.4, 0.5) is 0 Å². The van der Waals surface area contributed by atoms with Crippen molar-refractivity contribution in [2.45, 2.75) is 361 Å². The third-order valence-corrected chi connectivity index (χ3v) is 15.0. The van der Waals surface area contributed by atoms with Crippen LogP contribution in [-0.2, 0) is 28.6 Å². The molecule has 0 aliphatic heterocycles. The highest BCUT2D eigenvalue weighted by Crippen LogP contribution is 2.17. The molecule has 77 heavy (non-hydrogen) atoms. The number of ether oxygens (including phenoxy) is 3. The molecule has 0 aliphatic carbocycles. The van der Waals surface area contributed by atoms with E-state index in [9.17, 15) is 14.4 Å². The Kier molecular flexibility index (Phi) is 63.2. The van der Waals surface area contributed by atoms with Crippen LogP contribution >= 0.6 is 0 Å². The van der Waals surface area contributed by atoms with Gasteiger partial charge in [-0.1, -0.05) is 306 Å². The highest BCUT2D eigenvalue weighted by Gasteiger charge is 2.19. The number of hydrogen-bond donors (Lipinski definition) is 0. The third kappa shape index (κ3) is 63.8. The summed E-state index contributed by atoms with van der Waals surface area (Å²) >= 11 is 0. The van der Waals surface area contributed by atoms with Crippen molar-refractivity contribution in [3.8, 4) is 0 Å². The minimum absolute atomic E-state index is 0.0732. The maximum atomic E-state index is 12.9. The van der Waals surface area contributed by atoms with Crippen LogP contribution in [0, 0.1) is 0 Å². The molecule has 0 spiro atoms. The largest absolute Gasteiger partial charge is 0.462 e. The Morgan fingerprint density at radius 1 is 0.260 bits per heavy atom. The predicted octanol–water partition coefficient (Wildman–Crippen LogP) is 23.1. The summed E-state index contributed by atoms with van der Waals surface area (Å²) in [7, 11) is 0. The van der Waals surface area contributed by atoms with Crippen LogP contribution in [0.3, 0.4) is 0 Å². The van der Waals surface area contributed by atoms with E-state index in [0.717, 1.165) is 83.5 Å². The SMILES string of the molecule is CCCCCC/C=C\C/C=C\CCCCCCCCCC(=O)OC(COC(=O)CCCCCCCCCCCC)COC(=O)CCCCCCCCCCCCCCCCCC/C=C\C/C=C\C/C=C\CCCCCCC. The Morgan fingerprint density at radius 2 is 0.468 bits per heavy atom. The van der Waals surface area contributed by atoms with E-state index in [1.165, 1.54) is 231 Å². The average molecular weight is 1080 g/mol. The lowest BCUT2D eigenvalue weighted by molar-refractivity contribution is -0.167. The van der Waals surface area contributed by atoms with E-state index >= 15 is 0 Å². The molecule has 0 saturated heterocycles. The van der Waals surface area contributed by atoms with Crippen molar-refractivity contribution in [2.24, 2.45) is 0 Å². The summed E-state index contributed by atoms with van der Waals surface area (Å²) in [4.78, 5) is 38.2. The first kappa shape index (κ1) is 74.1. The van der Waals surface area contributed by atoms with Gasteiger partial charge >= 0.3 is 17.9 Å². The number of carbonyl (C=O) groups excluding carboxylic acids is 3. The molecule has 0 radical (unpaired) electrons. The van der Waals surface area contributed by atoms with Gasteiger partial charge in [-0.05, 0) is 89.9 Å². The second-order valence-corrected chi connectivity index (χ2v) is 22.7. The van der Waals surface area contributed by atoms with Crippen molar-refractivity contribution in [1.82, 2.24) is 0 Å². The molecule has 0 aromatic heterocycles. The highest BCUT2D eigenvalue weighted by atomic mass is 16.6. The van der Waals surface area contributed by atoms with Crippen molar-refractivity contribution in [3.05, 3.63) is 60.8 Å². The van der Waals surface area contributed by atoms with E-state index < -0.39 is 6.10 Å². The van der Waals surface area contributed by atoms with Gasteiger partial charge in [0.05, 0.1) is 0 Å². The zero-order chi connectivity index (χ0) is 55.7. The second-order valence-electron chi connectivity index (χ2n) is 22.7. The summed E-state index contributed by atoms with van der Waals surface area (Å²) in [5, 5.41) is 0. The number of esters is 3. The van der Waals surface area contributed by atoms with Crippen LogP contribution < -0.4 is 0 Å². The molecule has 0 aromatic carbocycles. The fraction of sp³-hybridized carbons (Fsp3) is 0.817. The molecule has 0 aliphatic rings. The van der Waals surface area contributed by atoms with Gasteiger partial charge in [-0.15, -0.1) is 0 Å². The number of carbonyl (C=O) groups is 3. The van der Waals surface area contributed by atoms with E-state index in [2.05, 4.69) is 81.5 Å². The predicted molar refractivity (Wildman–Crippen MR) is 335 cm³/mol. The van der Waals surface area contributed by atoms with Crippen LogP contribution in [0.15, 0.2) is 60.8 Å². The first-order valence-electron chi connectivity index (χ1n) is 33.8. The van der Waals surface area contributed by atoms with Crippen LogP contribution in [0.5, 0.6) is 0 Å². The van der Waals surface area contributed by atoms with Crippen LogP contribution in [0.2, 0.25) is 0 Å². The zero-order valence-electron chi connectivity index (χ0n) is 51.5. The van der Waals surface area contributed by atoms with Gasteiger partial charge in [-0.25, -0.2) is 0 Å². The third-order valence-electron chi connectivity index (χ3n) is 15.0. The van der Waals surface area contributed by atoms with Gasteiger partial charge in [-0.3, -0.25) is 14.4 Å². The van der Waals surface area contributed by atoms with Gasteiger partial charge in [-0.2, -0.15) is 0 Å². The number of hydrogen-bond acceptors (Lipinski definition) is 6. The topological polar surface area (TPSA) is 78.9 Å². The number of rotatable bonds is 62. The minimum Gasteiger partial charge on any atom is -0.462 e. The molecule has 1 unspecified atom stereocenters. The van der Waals surface area contributed by atoms with E-state index in [0.29, 0.717) is 19.3 Å². The maximum Gasteiger partial charge on any atom is 0.306 e. The monoisotopic (exact) mass is 1080 g/mol. The van der Waals surface area contributed by atoms with E-state index in [4.69, 9.17) is 14.2 Å². The van der Waals surface area contributed by atoms with E-state index in [1.54, 1.807) is 0 Å².